The van der Waals surface area contributed by atoms with Crippen molar-refractivity contribution in [2.24, 2.45) is 5.92 Å². The number of hydrogen-bond donors (Lipinski definition) is 1. The van der Waals surface area contributed by atoms with Crippen LogP contribution in [0.4, 0.5) is 5.69 Å². The van der Waals surface area contributed by atoms with Crippen LogP contribution >= 0.6 is 23.2 Å². The van der Waals surface area contributed by atoms with E-state index in [1.54, 1.807) is 18.2 Å². The van der Waals surface area contributed by atoms with E-state index in [1.165, 1.54) is 30.3 Å². The second-order valence-electron chi connectivity index (χ2n) is 8.11. The predicted molar refractivity (Wildman–Crippen MR) is 134 cm³/mol. The van der Waals surface area contributed by atoms with E-state index < -0.39 is 22.5 Å². The Morgan fingerprint density at radius 2 is 1.45 bits per heavy atom. The smallest absolute Gasteiger partial charge is 0.264 e. The molecule has 0 aliphatic rings. The summed E-state index contributed by atoms with van der Waals surface area (Å²) in [5.74, 6) is -0.105. The fourth-order valence-electron chi connectivity index (χ4n) is 3.52. The Morgan fingerprint density at radius 1 is 0.909 bits per heavy atom. The van der Waals surface area contributed by atoms with Crippen molar-refractivity contribution >= 4 is 44.8 Å². The molecular formula is C25H26Cl2N2O3S. The van der Waals surface area contributed by atoms with Crippen molar-refractivity contribution in [2.45, 2.75) is 31.2 Å². The Labute approximate surface area is 205 Å². The van der Waals surface area contributed by atoms with E-state index in [9.17, 15) is 13.2 Å². The van der Waals surface area contributed by atoms with Gasteiger partial charge in [0.25, 0.3) is 10.0 Å². The van der Waals surface area contributed by atoms with Crippen LogP contribution in [-0.2, 0) is 14.8 Å². The van der Waals surface area contributed by atoms with Crippen LogP contribution in [0.3, 0.4) is 0 Å². The lowest BCUT2D eigenvalue weighted by atomic mass is 9.97. The minimum Gasteiger partial charge on any atom is -0.348 e. The standard InChI is InChI=1S/C25H26Cl2N2O3S/c1-18(2)13-24(19-9-5-3-6-10-19)28-25(30)17-29(22-15-20(26)14-21(27)16-22)33(31,32)23-11-7-4-8-12-23/h3-12,14-16,18,24H,13,17H2,1-2H3,(H,28,30)/t24-/m0/s1. The van der Waals surface area contributed by atoms with Crippen molar-refractivity contribution in [3.63, 3.8) is 0 Å². The summed E-state index contributed by atoms with van der Waals surface area (Å²) in [5, 5.41) is 3.55. The molecule has 0 aliphatic heterocycles. The molecule has 0 radical (unpaired) electrons. The molecule has 3 aromatic rings. The fourth-order valence-corrected chi connectivity index (χ4v) is 5.46. The summed E-state index contributed by atoms with van der Waals surface area (Å²) in [4.78, 5) is 13.2. The number of halogens is 2. The molecule has 0 fully saturated rings. The lowest BCUT2D eigenvalue weighted by Crippen LogP contribution is -2.42. The third-order valence-electron chi connectivity index (χ3n) is 5.00. The molecule has 1 N–H and O–H groups in total. The average molecular weight is 505 g/mol. The number of nitrogens with one attached hydrogen (secondary N) is 1. The van der Waals surface area contributed by atoms with Crippen molar-refractivity contribution in [1.29, 1.82) is 0 Å². The third kappa shape index (κ3) is 6.73. The Kier molecular flexibility index (Phi) is 8.40. The molecule has 0 unspecified atom stereocenters. The molecule has 3 aromatic carbocycles. The van der Waals surface area contributed by atoms with Gasteiger partial charge in [0.2, 0.25) is 5.91 Å². The normalized spacial score (nSPS) is 12.4. The largest absolute Gasteiger partial charge is 0.348 e. The molecule has 0 spiro atoms. The zero-order chi connectivity index (χ0) is 24.0. The van der Waals surface area contributed by atoms with Crippen molar-refractivity contribution in [2.75, 3.05) is 10.8 Å². The summed E-state index contributed by atoms with van der Waals surface area (Å²) in [5.41, 5.74) is 1.18. The second-order valence-corrected chi connectivity index (χ2v) is 10.8. The molecular weight excluding hydrogens is 479 g/mol. The Bertz CT molecular complexity index is 1170. The van der Waals surface area contributed by atoms with E-state index in [2.05, 4.69) is 19.2 Å². The topological polar surface area (TPSA) is 66.5 Å². The van der Waals surface area contributed by atoms with Crippen LogP contribution in [0.25, 0.3) is 0 Å². The molecule has 0 aromatic heterocycles. The summed E-state index contributed by atoms with van der Waals surface area (Å²) in [6.45, 7) is 3.72. The highest BCUT2D eigenvalue weighted by Gasteiger charge is 2.28. The molecule has 1 amide bonds. The SMILES string of the molecule is CC(C)C[C@H](NC(=O)CN(c1cc(Cl)cc(Cl)c1)S(=O)(=O)c1ccccc1)c1ccccc1. The Morgan fingerprint density at radius 3 is 2.00 bits per heavy atom. The quantitative estimate of drug-likeness (QED) is 0.383. The van der Waals surface area contributed by atoms with Crippen LogP contribution in [0.2, 0.25) is 10.0 Å². The first kappa shape index (κ1) is 25.1. The van der Waals surface area contributed by atoms with Gasteiger partial charge in [0.15, 0.2) is 0 Å². The highest BCUT2D eigenvalue weighted by Crippen LogP contribution is 2.30. The van der Waals surface area contributed by atoms with Crippen LogP contribution in [-0.4, -0.2) is 20.9 Å². The van der Waals surface area contributed by atoms with Gasteiger partial charge in [-0.3, -0.25) is 9.10 Å². The van der Waals surface area contributed by atoms with E-state index in [1.807, 2.05) is 30.3 Å². The van der Waals surface area contributed by atoms with Gasteiger partial charge in [-0.2, -0.15) is 0 Å². The molecule has 8 heteroatoms. The van der Waals surface area contributed by atoms with E-state index in [4.69, 9.17) is 23.2 Å². The number of amides is 1. The number of hydrogen-bond acceptors (Lipinski definition) is 3. The van der Waals surface area contributed by atoms with Gasteiger partial charge in [-0.15, -0.1) is 0 Å². The van der Waals surface area contributed by atoms with Gasteiger partial charge in [0.1, 0.15) is 6.54 Å². The summed E-state index contributed by atoms with van der Waals surface area (Å²) in [6.07, 6.45) is 0.712. The Hall–Kier alpha value is -2.54. The summed E-state index contributed by atoms with van der Waals surface area (Å²) in [6, 6.07) is 21.8. The van der Waals surface area contributed by atoms with Gasteiger partial charge in [-0.1, -0.05) is 85.6 Å². The summed E-state index contributed by atoms with van der Waals surface area (Å²) >= 11 is 12.3. The van der Waals surface area contributed by atoms with Crippen molar-refractivity contribution in [3.05, 3.63) is 94.5 Å². The van der Waals surface area contributed by atoms with E-state index in [0.717, 1.165) is 9.87 Å². The van der Waals surface area contributed by atoms with Gasteiger partial charge < -0.3 is 5.32 Å². The van der Waals surface area contributed by atoms with Gasteiger partial charge in [-0.05, 0) is 48.2 Å². The lowest BCUT2D eigenvalue weighted by Gasteiger charge is -2.27. The first-order valence-corrected chi connectivity index (χ1v) is 12.7. The van der Waals surface area contributed by atoms with E-state index in [0.29, 0.717) is 12.3 Å². The number of sulfonamides is 1. The maximum absolute atomic E-state index is 13.5. The van der Waals surface area contributed by atoms with Gasteiger partial charge in [-0.25, -0.2) is 8.42 Å². The van der Waals surface area contributed by atoms with E-state index >= 15 is 0 Å². The number of anilines is 1. The zero-order valence-corrected chi connectivity index (χ0v) is 20.7. The number of rotatable bonds is 9. The first-order chi connectivity index (χ1) is 15.7. The lowest BCUT2D eigenvalue weighted by molar-refractivity contribution is -0.120. The molecule has 5 nitrogen and oxygen atoms in total. The molecule has 3 rings (SSSR count). The molecule has 0 aliphatic carbocycles. The van der Waals surface area contributed by atoms with Crippen LogP contribution in [0.15, 0.2) is 83.8 Å². The number of benzene rings is 3. The van der Waals surface area contributed by atoms with Gasteiger partial charge in [0, 0.05) is 10.0 Å². The van der Waals surface area contributed by atoms with Crippen molar-refractivity contribution < 1.29 is 13.2 Å². The number of carbonyl (C=O) groups is 1. The summed E-state index contributed by atoms with van der Waals surface area (Å²) in [7, 11) is -4.05. The molecule has 174 valence electrons. The van der Waals surface area contributed by atoms with E-state index in [-0.39, 0.29) is 26.7 Å². The molecule has 0 saturated carbocycles. The molecule has 0 heterocycles. The number of carbonyl (C=O) groups excluding carboxylic acids is 1. The third-order valence-corrected chi connectivity index (χ3v) is 7.22. The van der Waals surface area contributed by atoms with Crippen LogP contribution in [0.1, 0.15) is 31.9 Å². The maximum Gasteiger partial charge on any atom is 0.264 e. The van der Waals surface area contributed by atoms with Crippen molar-refractivity contribution in [1.82, 2.24) is 5.32 Å². The van der Waals surface area contributed by atoms with Crippen LogP contribution < -0.4 is 9.62 Å². The minimum atomic E-state index is -4.05. The molecule has 0 bridgehead atoms. The first-order valence-electron chi connectivity index (χ1n) is 10.5. The van der Waals surface area contributed by atoms with Crippen molar-refractivity contribution in [3.8, 4) is 0 Å². The molecule has 1 atom stereocenters. The molecule has 33 heavy (non-hydrogen) atoms. The fraction of sp³-hybridized carbons (Fsp3) is 0.240. The average Bonchev–Trinajstić information content (AvgIpc) is 2.77. The zero-order valence-electron chi connectivity index (χ0n) is 18.4. The molecule has 0 saturated heterocycles. The maximum atomic E-state index is 13.5. The number of nitrogens with zero attached hydrogens (tertiary/aromatic N) is 1. The van der Waals surface area contributed by atoms with Gasteiger partial charge >= 0.3 is 0 Å². The Balaban J connectivity index is 1.95. The minimum absolute atomic E-state index is 0.0655. The van der Waals surface area contributed by atoms with Crippen LogP contribution in [0, 0.1) is 5.92 Å². The van der Waals surface area contributed by atoms with Gasteiger partial charge in [0.05, 0.1) is 16.6 Å². The predicted octanol–water partition coefficient (Wildman–Crippen LogP) is 6.09. The highest BCUT2D eigenvalue weighted by atomic mass is 35.5. The summed E-state index contributed by atoms with van der Waals surface area (Å²) < 4.78 is 28.0. The van der Waals surface area contributed by atoms with Crippen LogP contribution in [0.5, 0.6) is 0 Å². The second kappa shape index (κ2) is 11.1. The highest BCUT2D eigenvalue weighted by molar-refractivity contribution is 7.92. The monoisotopic (exact) mass is 504 g/mol.